The van der Waals surface area contributed by atoms with Crippen molar-refractivity contribution in [1.29, 1.82) is 0 Å². The Bertz CT molecular complexity index is 1320. The largest absolute Gasteiger partial charge is 0.382 e. The van der Waals surface area contributed by atoms with E-state index in [1.807, 2.05) is 44.2 Å². The van der Waals surface area contributed by atoms with Crippen molar-refractivity contribution >= 4 is 51.7 Å². The first-order valence-corrected chi connectivity index (χ1v) is 12.8. The fourth-order valence-electron chi connectivity index (χ4n) is 3.79. The van der Waals surface area contributed by atoms with Crippen LogP contribution in [0, 0.1) is 6.92 Å². The smallest absolute Gasteiger partial charge is 0.267 e. The Morgan fingerprint density at radius 1 is 1.17 bits per heavy atom. The monoisotopic (exact) mass is 508 g/mol. The molecule has 0 bridgehead atoms. The third-order valence-electron chi connectivity index (χ3n) is 5.58. The number of thiocarbonyl (C=S) groups is 1. The second kappa shape index (κ2) is 11.6. The summed E-state index contributed by atoms with van der Waals surface area (Å²) in [6.07, 6.45) is 4.85. The molecule has 0 spiro atoms. The molecule has 9 heteroatoms. The summed E-state index contributed by atoms with van der Waals surface area (Å²) in [5.41, 5.74) is 2.78. The zero-order valence-corrected chi connectivity index (χ0v) is 21.5. The fraction of sp³-hybridized carbons (Fsp3) is 0.308. The van der Waals surface area contributed by atoms with Gasteiger partial charge in [-0.1, -0.05) is 60.4 Å². The molecule has 1 aromatic carbocycles. The van der Waals surface area contributed by atoms with Crippen LogP contribution in [0.3, 0.4) is 0 Å². The van der Waals surface area contributed by atoms with Crippen LogP contribution < -0.4 is 10.9 Å². The van der Waals surface area contributed by atoms with E-state index in [4.69, 9.17) is 21.9 Å². The average molecular weight is 509 g/mol. The zero-order chi connectivity index (χ0) is 24.8. The van der Waals surface area contributed by atoms with E-state index in [-0.39, 0.29) is 11.5 Å². The lowest BCUT2D eigenvalue weighted by Crippen LogP contribution is -2.29. The molecule has 1 N–H and O–H groups in total. The van der Waals surface area contributed by atoms with Gasteiger partial charge in [-0.3, -0.25) is 18.9 Å². The third-order valence-corrected chi connectivity index (χ3v) is 6.96. The molecule has 3 heterocycles. The SMILES string of the molecule is CCOCCCN1C(=O)C(=Cc2c(NCCc3ccccc3)nc3ccc(C)cn3c2=O)SC1=S. The number of benzene rings is 1. The summed E-state index contributed by atoms with van der Waals surface area (Å²) in [7, 11) is 0. The van der Waals surface area contributed by atoms with Crippen molar-refractivity contribution in [3.63, 3.8) is 0 Å². The molecule has 0 aliphatic carbocycles. The van der Waals surface area contributed by atoms with E-state index in [2.05, 4.69) is 17.4 Å². The molecule has 1 saturated heterocycles. The molecule has 7 nitrogen and oxygen atoms in total. The van der Waals surface area contributed by atoms with Gasteiger partial charge in [0.25, 0.3) is 11.5 Å². The number of nitrogens with zero attached hydrogens (tertiary/aromatic N) is 3. The van der Waals surface area contributed by atoms with E-state index < -0.39 is 0 Å². The number of hydrogen-bond donors (Lipinski definition) is 1. The second-order valence-electron chi connectivity index (χ2n) is 8.16. The minimum absolute atomic E-state index is 0.194. The predicted molar refractivity (Wildman–Crippen MR) is 146 cm³/mol. The second-order valence-corrected chi connectivity index (χ2v) is 9.84. The van der Waals surface area contributed by atoms with Gasteiger partial charge in [0.1, 0.15) is 15.8 Å². The standard InChI is InChI=1S/C26H28N4O3S2/c1-3-33-15-7-14-29-25(32)21(35-26(29)34)16-20-23(27-13-12-19-8-5-4-6-9-19)28-22-11-10-18(2)17-30(22)24(20)31/h4-6,8-11,16-17,27H,3,7,12-15H2,1-2H3. The van der Waals surface area contributed by atoms with E-state index in [1.54, 1.807) is 17.2 Å². The molecule has 0 radical (unpaired) electrons. The minimum atomic E-state index is -0.234. The van der Waals surface area contributed by atoms with E-state index in [0.29, 0.717) is 59.0 Å². The highest BCUT2D eigenvalue weighted by atomic mass is 32.2. The first-order valence-electron chi connectivity index (χ1n) is 11.6. The number of rotatable bonds is 10. The first-order chi connectivity index (χ1) is 17.0. The zero-order valence-electron chi connectivity index (χ0n) is 19.8. The van der Waals surface area contributed by atoms with Gasteiger partial charge < -0.3 is 10.1 Å². The van der Waals surface area contributed by atoms with Crippen LogP contribution in [0.2, 0.25) is 0 Å². The molecule has 35 heavy (non-hydrogen) atoms. The Morgan fingerprint density at radius 3 is 2.74 bits per heavy atom. The van der Waals surface area contributed by atoms with Gasteiger partial charge in [-0.05, 0) is 50.0 Å². The number of aromatic nitrogens is 2. The molecule has 1 aliphatic heterocycles. The summed E-state index contributed by atoms with van der Waals surface area (Å²) < 4.78 is 7.38. The van der Waals surface area contributed by atoms with E-state index >= 15 is 0 Å². The predicted octanol–water partition coefficient (Wildman–Crippen LogP) is 4.29. The number of aryl methyl sites for hydroxylation is 1. The lowest BCUT2D eigenvalue weighted by atomic mass is 10.1. The molecule has 2 aromatic heterocycles. The molecule has 4 rings (SSSR count). The lowest BCUT2D eigenvalue weighted by Gasteiger charge is -2.14. The Hall–Kier alpha value is -3.01. The van der Waals surface area contributed by atoms with Crippen LogP contribution in [-0.2, 0) is 16.0 Å². The highest BCUT2D eigenvalue weighted by Gasteiger charge is 2.32. The van der Waals surface area contributed by atoms with E-state index in [1.165, 1.54) is 21.7 Å². The fourth-order valence-corrected chi connectivity index (χ4v) is 5.08. The number of nitrogens with one attached hydrogen (secondary N) is 1. The summed E-state index contributed by atoms with van der Waals surface area (Å²) in [5, 5.41) is 3.32. The highest BCUT2D eigenvalue weighted by Crippen LogP contribution is 2.33. The molecule has 3 aromatic rings. The van der Waals surface area contributed by atoms with Crippen molar-refractivity contribution in [2.75, 3.05) is 31.6 Å². The molecule has 1 aliphatic rings. The Kier molecular flexibility index (Phi) is 8.33. The number of thioether (sulfide) groups is 1. The number of amides is 1. The summed E-state index contributed by atoms with van der Waals surface area (Å²) in [6.45, 7) is 6.14. The lowest BCUT2D eigenvalue weighted by molar-refractivity contribution is -0.122. The summed E-state index contributed by atoms with van der Waals surface area (Å²) in [6, 6.07) is 13.8. The topological polar surface area (TPSA) is 75.9 Å². The van der Waals surface area contributed by atoms with E-state index in [9.17, 15) is 9.59 Å². The molecule has 1 amide bonds. The van der Waals surface area contributed by atoms with Crippen LogP contribution in [0.4, 0.5) is 5.82 Å². The number of fused-ring (bicyclic) bond motifs is 1. The molecule has 0 saturated carbocycles. The summed E-state index contributed by atoms with van der Waals surface area (Å²) >= 11 is 6.66. The van der Waals surface area contributed by atoms with Crippen molar-refractivity contribution < 1.29 is 9.53 Å². The number of pyridine rings is 1. The van der Waals surface area contributed by atoms with Crippen molar-refractivity contribution in [1.82, 2.24) is 14.3 Å². The Morgan fingerprint density at radius 2 is 1.97 bits per heavy atom. The molecule has 182 valence electrons. The van der Waals surface area contributed by atoms with Crippen LogP contribution in [0.1, 0.15) is 30.0 Å². The summed E-state index contributed by atoms with van der Waals surface area (Å²) in [5.74, 6) is 0.261. The first kappa shape index (κ1) is 25.1. The molecule has 0 unspecified atom stereocenters. The van der Waals surface area contributed by atoms with Crippen molar-refractivity contribution in [2.45, 2.75) is 26.7 Å². The van der Waals surface area contributed by atoms with Crippen LogP contribution in [0.5, 0.6) is 0 Å². The molecular formula is C26H28N4O3S2. The number of carbonyl (C=O) groups is 1. The normalized spacial score (nSPS) is 14.9. The molecule has 1 fully saturated rings. The quantitative estimate of drug-likeness (QED) is 0.249. The van der Waals surface area contributed by atoms with Crippen molar-refractivity contribution in [3.05, 3.63) is 80.6 Å². The molecular weight excluding hydrogens is 480 g/mol. The van der Waals surface area contributed by atoms with Crippen LogP contribution in [0.15, 0.2) is 58.4 Å². The van der Waals surface area contributed by atoms with Gasteiger partial charge in [0.2, 0.25) is 0 Å². The maximum Gasteiger partial charge on any atom is 0.267 e. The molecule has 0 atom stereocenters. The van der Waals surface area contributed by atoms with Gasteiger partial charge >= 0.3 is 0 Å². The third kappa shape index (κ3) is 5.98. The van der Waals surface area contributed by atoms with Gasteiger partial charge in [0, 0.05) is 32.5 Å². The number of carbonyl (C=O) groups excluding carboxylic acids is 1. The van der Waals surface area contributed by atoms with Gasteiger partial charge in [-0.15, -0.1) is 0 Å². The van der Waals surface area contributed by atoms with Gasteiger partial charge in [0.15, 0.2) is 0 Å². The van der Waals surface area contributed by atoms with Crippen molar-refractivity contribution in [2.24, 2.45) is 0 Å². The van der Waals surface area contributed by atoms with Crippen LogP contribution >= 0.6 is 24.0 Å². The summed E-state index contributed by atoms with van der Waals surface area (Å²) in [4.78, 5) is 33.3. The number of anilines is 1. The number of hydrogen-bond acceptors (Lipinski definition) is 7. The van der Waals surface area contributed by atoms with E-state index in [0.717, 1.165) is 12.0 Å². The maximum atomic E-state index is 13.5. The van der Waals surface area contributed by atoms with Crippen LogP contribution in [-0.4, -0.2) is 50.8 Å². The van der Waals surface area contributed by atoms with Crippen LogP contribution in [0.25, 0.3) is 11.7 Å². The Balaban J connectivity index is 1.64. The van der Waals surface area contributed by atoms with Gasteiger partial charge in [-0.25, -0.2) is 4.98 Å². The van der Waals surface area contributed by atoms with Gasteiger partial charge in [-0.2, -0.15) is 0 Å². The maximum absolute atomic E-state index is 13.5. The average Bonchev–Trinajstić information content (AvgIpc) is 3.12. The Labute approximate surface area is 214 Å². The van der Waals surface area contributed by atoms with Crippen molar-refractivity contribution in [3.8, 4) is 0 Å². The highest BCUT2D eigenvalue weighted by molar-refractivity contribution is 8.26. The van der Waals surface area contributed by atoms with Gasteiger partial charge in [0.05, 0.1) is 10.5 Å². The minimum Gasteiger partial charge on any atom is -0.382 e. The number of ether oxygens (including phenoxy) is 1.